The van der Waals surface area contributed by atoms with Gasteiger partial charge in [0.25, 0.3) is 0 Å². The van der Waals surface area contributed by atoms with Gasteiger partial charge in [-0.1, -0.05) is 0 Å². The maximum Gasteiger partial charge on any atom is 0.233 e. The van der Waals surface area contributed by atoms with Crippen molar-refractivity contribution in [3.8, 4) is 11.4 Å². The molecule has 0 N–H and O–H groups in total. The summed E-state index contributed by atoms with van der Waals surface area (Å²) in [7, 11) is 0. The molecule has 0 bridgehead atoms. The first-order chi connectivity index (χ1) is 10.7. The lowest BCUT2D eigenvalue weighted by Gasteiger charge is -2.21. The second-order valence-electron chi connectivity index (χ2n) is 5.12. The molecule has 1 aromatic heterocycles. The predicted molar refractivity (Wildman–Crippen MR) is 89.5 cm³/mol. The normalized spacial score (nSPS) is 18.0. The fraction of sp³-hybridized carbons (Fsp3) is 0.353. The lowest BCUT2D eigenvalue weighted by Crippen LogP contribution is -2.27. The van der Waals surface area contributed by atoms with Crippen LogP contribution in [0.3, 0.4) is 0 Å². The molecule has 4 nitrogen and oxygen atoms in total. The lowest BCUT2D eigenvalue weighted by molar-refractivity contribution is -0.127. The van der Waals surface area contributed by atoms with Gasteiger partial charge in [-0.05, 0) is 44.2 Å². The molecule has 0 unspecified atom stereocenters. The summed E-state index contributed by atoms with van der Waals surface area (Å²) in [5.74, 6) is 1.69. The van der Waals surface area contributed by atoms with Crippen molar-refractivity contribution in [1.29, 1.82) is 0 Å². The quantitative estimate of drug-likeness (QED) is 0.847. The Morgan fingerprint density at radius 2 is 2.00 bits per heavy atom. The van der Waals surface area contributed by atoms with Crippen molar-refractivity contribution >= 4 is 17.7 Å². The highest BCUT2D eigenvalue weighted by Gasteiger charge is 2.31. The van der Waals surface area contributed by atoms with Crippen molar-refractivity contribution in [3.05, 3.63) is 48.3 Å². The van der Waals surface area contributed by atoms with E-state index in [0.29, 0.717) is 12.4 Å². The highest BCUT2D eigenvalue weighted by atomic mass is 32.2. The lowest BCUT2D eigenvalue weighted by atomic mass is 10.3. The SMILES string of the molecule is CCOc1ccc(-n2ccc([C@H]3SCC(=O)N3CC)c2)cc1. The van der Waals surface area contributed by atoms with Gasteiger partial charge in [0, 0.05) is 30.2 Å². The zero-order chi connectivity index (χ0) is 15.5. The van der Waals surface area contributed by atoms with Gasteiger partial charge in [-0.25, -0.2) is 0 Å². The van der Waals surface area contributed by atoms with E-state index in [-0.39, 0.29) is 11.3 Å². The van der Waals surface area contributed by atoms with Crippen molar-refractivity contribution < 1.29 is 9.53 Å². The van der Waals surface area contributed by atoms with E-state index in [1.807, 2.05) is 49.2 Å². The van der Waals surface area contributed by atoms with E-state index in [9.17, 15) is 4.79 Å². The minimum atomic E-state index is 0.140. The van der Waals surface area contributed by atoms with E-state index < -0.39 is 0 Å². The van der Waals surface area contributed by atoms with E-state index in [0.717, 1.165) is 18.0 Å². The van der Waals surface area contributed by atoms with Gasteiger partial charge in [0.05, 0.1) is 12.4 Å². The zero-order valence-electron chi connectivity index (χ0n) is 12.9. The molecule has 1 aliphatic heterocycles. The molecular formula is C17H20N2O2S. The monoisotopic (exact) mass is 316 g/mol. The topological polar surface area (TPSA) is 34.5 Å². The van der Waals surface area contributed by atoms with E-state index in [1.54, 1.807) is 11.8 Å². The summed E-state index contributed by atoms with van der Waals surface area (Å²) in [4.78, 5) is 13.8. The van der Waals surface area contributed by atoms with Crippen LogP contribution in [0.4, 0.5) is 0 Å². The molecule has 116 valence electrons. The van der Waals surface area contributed by atoms with Gasteiger partial charge < -0.3 is 14.2 Å². The highest BCUT2D eigenvalue weighted by Crippen LogP contribution is 2.38. The van der Waals surface area contributed by atoms with Gasteiger partial charge in [0.1, 0.15) is 11.1 Å². The molecular weight excluding hydrogens is 296 g/mol. The second-order valence-corrected chi connectivity index (χ2v) is 6.19. The molecule has 0 radical (unpaired) electrons. The molecule has 22 heavy (non-hydrogen) atoms. The number of aromatic nitrogens is 1. The summed E-state index contributed by atoms with van der Waals surface area (Å²) in [6.07, 6.45) is 4.15. The first-order valence-electron chi connectivity index (χ1n) is 7.55. The molecule has 1 amide bonds. The fourth-order valence-electron chi connectivity index (χ4n) is 2.67. The molecule has 1 aromatic carbocycles. The largest absolute Gasteiger partial charge is 0.494 e. The van der Waals surface area contributed by atoms with Crippen LogP contribution in [0.1, 0.15) is 24.8 Å². The minimum absolute atomic E-state index is 0.140. The zero-order valence-corrected chi connectivity index (χ0v) is 13.7. The number of benzene rings is 1. The molecule has 2 heterocycles. The van der Waals surface area contributed by atoms with Crippen LogP contribution in [0.25, 0.3) is 5.69 Å². The number of carbonyl (C=O) groups excluding carboxylic acids is 1. The second kappa shape index (κ2) is 6.48. The molecule has 2 aromatic rings. The predicted octanol–water partition coefficient (Wildman–Crippen LogP) is 3.47. The maximum atomic E-state index is 11.8. The average molecular weight is 316 g/mol. The molecule has 1 saturated heterocycles. The van der Waals surface area contributed by atoms with Crippen molar-refractivity contribution in [3.63, 3.8) is 0 Å². The van der Waals surface area contributed by atoms with Crippen LogP contribution >= 0.6 is 11.8 Å². The smallest absolute Gasteiger partial charge is 0.233 e. The molecule has 0 spiro atoms. The minimum Gasteiger partial charge on any atom is -0.494 e. The number of rotatable bonds is 5. The van der Waals surface area contributed by atoms with E-state index in [4.69, 9.17) is 4.74 Å². The van der Waals surface area contributed by atoms with Crippen LogP contribution in [0.2, 0.25) is 0 Å². The first kappa shape index (κ1) is 15.0. The third-order valence-electron chi connectivity index (χ3n) is 3.76. The van der Waals surface area contributed by atoms with Crippen molar-refractivity contribution in [2.75, 3.05) is 18.9 Å². The Morgan fingerprint density at radius 1 is 1.23 bits per heavy atom. The summed E-state index contributed by atoms with van der Waals surface area (Å²) in [6, 6.07) is 10.1. The summed E-state index contributed by atoms with van der Waals surface area (Å²) in [6.45, 7) is 5.43. The van der Waals surface area contributed by atoms with Crippen molar-refractivity contribution in [2.45, 2.75) is 19.2 Å². The number of carbonyl (C=O) groups is 1. The fourth-order valence-corrected chi connectivity index (χ4v) is 3.92. The molecule has 1 aliphatic rings. The van der Waals surface area contributed by atoms with E-state index in [2.05, 4.69) is 16.8 Å². The molecule has 0 saturated carbocycles. The Kier molecular flexibility index (Phi) is 4.43. The Balaban J connectivity index is 1.80. The molecule has 1 atom stereocenters. The van der Waals surface area contributed by atoms with Crippen LogP contribution in [-0.2, 0) is 4.79 Å². The van der Waals surface area contributed by atoms with E-state index >= 15 is 0 Å². The molecule has 5 heteroatoms. The van der Waals surface area contributed by atoms with Gasteiger partial charge in [-0.2, -0.15) is 0 Å². The van der Waals surface area contributed by atoms with Gasteiger partial charge in [-0.3, -0.25) is 4.79 Å². The maximum absolute atomic E-state index is 11.8. The molecule has 3 rings (SSSR count). The molecule has 1 fully saturated rings. The van der Waals surface area contributed by atoms with Crippen molar-refractivity contribution in [2.24, 2.45) is 0 Å². The van der Waals surface area contributed by atoms with Crippen LogP contribution in [0, 0.1) is 0 Å². The summed E-state index contributed by atoms with van der Waals surface area (Å²) in [5.41, 5.74) is 2.26. The van der Waals surface area contributed by atoms with Gasteiger partial charge in [-0.15, -0.1) is 11.8 Å². The Bertz CT molecular complexity index is 651. The number of hydrogen-bond donors (Lipinski definition) is 0. The standard InChI is InChI=1S/C17H20N2O2S/c1-3-19-16(20)12-22-17(19)13-9-10-18(11-13)14-5-7-15(8-6-14)21-4-2/h5-11,17H,3-4,12H2,1-2H3/t17-/m1/s1. The third kappa shape index (κ3) is 2.86. The summed E-state index contributed by atoms with van der Waals surface area (Å²) < 4.78 is 7.55. The molecule has 0 aliphatic carbocycles. The highest BCUT2D eigenvalue weighted by molar-refractivity contribution is 8.00. The summed E-state index contributed by atoms with van der Waals surface area (Å²) >= 11 is 1.70. The van der Waals surface area contributed by atoms with Gasteiger partial charge in [0.2, 0.25) is 5.91 Å². The number of nitrogens with zero attached hydrogens (tertiary/aromatic N) is 2. The number of thioether (sulfide) groups is 1. The van der Waals surface area contributed by atoms with Crippen LogP contribution in [-0.4, -0.2) is 34.3 Å². The average Bonchev–Trinajstić information content (AvgIpc) is 3.14. The number of hydrogen-bond acceptors (Lipinski definition) is 3. The van der Waals surface area contributed by atoms with Crippen molar-refractivity contribution in [1.82, 2.24) is 9.47 Å². The number of ether oxygens (including phenoxy) is 1. The van der Waals surface area contributed by atoms with Crippen LogP contribution in [0.5, 0.6) is 5.75 Å². The van der Waals surface area contributed by atoms with Gasteiger partial charge >= 0.3 is 0 Å². The Labute approximate surface area is 135 Å². The van der Waals surface area contributed by atoms with Gasteiger partial charge in [0.15, 0.2) is 0 Å². The Hall–Kier alpha value is -1.88. The first-order valence-corrected chi connectivity index (χ1v) is 8.60. The Morgan fingerprint density at radius 3 is 2.68 bits per heavy atom. The van der Waals surface area contributed by atoms with Crippen LogP contribution in [0.15, 0.2) is 42.7 Å². The summed E-state index contributed by atoms with van der Waals surface area (Å²) in [5, 5.41) is 0.140. The van der Waals surface area contributed by atoms with E-state index in [1.165, 1.54) is 5.56 Å². The number of amides is 1. The third-order valence-corrected chi connectivity index (χ3v) is 5.01. The van der Waals surface area contributed by atoms with Crippen LogP contribution < -0.4 is 4.74 Å².